The van der Waals surface area contributed by atoms with E-state index in [1.165, 1.54) is 0 Å². The number of ether oxygens (including phenoxy) is 1. The minimum atomic E-state index is -0.318. The van der Waals surface area contributed by atoms with Crippen molar-refractivity contribution in [2.45, 2.75) is 19.8 Å². The fourth-order valence-electron chi connectivity index (χ4n) is 1.83. The quantitative estimate of drug-likeness (QED) is 0.722. The zero-order valence-electron chi connectivity index (χ0n) is 12.4. The number of benzene rings is 2. The summed E-state index contributed by atoms with van der Waals surface area (Å²) in [6.45, 7) is 2.83. The molecule has 2 rings (SSSR count). The van der Waals surface area contributed by atoms with Crippen LogP contribution in [0, 0.1) is 0 Å². The molecule has 0 aliphatic carbocycles. The van der Waals surface area contributed by atoms with Crippen LogP contribution in [0.4, 0.5) is 16.2 Å². The standard InChI is InChI=1S/C17H19ClN2O2/c1-2-3-11-22-16-9-7-14(8-10-16)19-17(21)20-15-6-4-5-13(18)12-15/h4-10,12H,2-3,11H2,1H3,(H2,19,20,21). The highest BCUT2D eigenvalue weighted by Gasteiger charge is 2.03. The molecule has 0 unspecified atom stereocenters. The predicted octanol–water partition coefficient (Wildman–Crippen LogP) is 5.16. The molecule has 0 radical (unpaired) electrons. The molecular weight excluding hydrogens is 300 g/mol. The van der Waals surface area contributed by atoms with Gasteiger partial charge in [-0.25, -0.2) is 4.79 Å². The van der Waals surface area contributed by atoms with E-state index in [0.717, 1.165) is 18.6 Å². The maximum Gasteiger partial charge on any atom is 0.323 e. The Bertz CT molecular complexity index is 614. The van der Waals surface area contributed by atoms with Crippen LogP contribution >= 0.6 is 11.6 Å². The fraction of sp³-hybridized carbons (Fsp3) is 0.235. The van der Waals surface area contributed by atoms with E-state index in [2.05, 4.69) is 17.6 Å². The third kappa shape index (κ3) is 5.30. The van der Waals surface area contributed by atoms with E-state index in [-0.39, 0.29) is 6.03 Å². The van der Waals surface area contributed by atoms with Crippen molar-refractivity contribution in [1.82, 2.24) is 0 Å². The van der Waals surface area contributed by atoms with Gasteiger partial charge in [-0.15, -0.1) is 0 Å². The Morgan fingerprint density at radius 3 is 2.50 bits per heavy atom. The molecule has 0 saturated carbocycles. The van der Waals surface area contributed by atoms with Crippen molar-refractivity contribution in [3.63, 3.8) is 0 Å². The summed E-state index contributed by atoms with van der Waals surface area (Å²) in [5.41, 5.74) is 1.34. The zero-order chi connectivity index (χ0) is 15.8. The maximum absolute atomic E-state index is 11.9. The molecule has 5 heteroatoms. The lowest BCUT2D eigenvalue weighted by Gasteiger charge is -2.09. The van der Waals surface area contributed by atoms with Crippen LogP contribution in [0.25, 0.3) is 0 Å². The summed E-state index contributed by atoms with van der Waals surface area (Å²) >= 11 is 5.87. The Labute approximate surface area is 135 Å². The van der Waals surface area contributed by atoms with Gasteiger partial charge >= 0.3 is 6.03 Å². The van der Waals surface area contributed by atoms with Gasteiger partial charge in [-0.05, 0) is 48.9 Å². The maximum atomic E-state index is 11.9. The van der Waals surface area contributed by atoms with Crippen LogP contribution in [0.1, 0.15) is 19.8 Å². The van der Waals surface area contributed by atoms with Gasteiger partial charge in [0.15, 0.2) is 0 Å². The molecule has 0 heterocycles. The normalized spacial score (nSPS) is 10.1. The number of anilines is 2. The second-order valence-corrected chi connectivity index (χ2v) is 5.25. The lowest BCUT2D eigenvalue weighted by molar-refractivity contribution is 0.262. The van der Waals surface area contributed by atoms with Crippen molar-refractivity contribution in [2.75, 3.05) is 17.2 Å². The second-order valence-electron chi connectivity index (χ2n) is 4.82. The number of hydrogen-bond acceptors (Lipinski definition) is 2. The van der Waals surface area contributed by atoms with Gasteiger partial charge in [0.25, 0.3) is 0 Å². The van der Waals surface area contributed by atoms with Crippen molar-refractivity contribution in [3.8, 4) is 5.75 Å². The van der Waals surface area contributed by atoms with Gasteiger partial charge in [-0.3, -0.25) is 0 Å². The van der Waals surface area contributed by atoms with Crippen LogP contribution in [0.15, 0.2) is 48.5 Å². The van der Waals surface area contributed by atoms with Gasteiger partial charge in [-0.2, -0.15) is 0 Å². The minimum absolute atomic E-state index is 0.318. The summed E-state index contributed by atoms with van der Waals surface area (Å²) in [7, 11) is 0. The number of urea groups is 1. The molecule has 2 amide bonds. The molecule has 0 saturated heterocycles. The van der Waals surface area contributed by atoms with E-state index in [9.17, 15) is 4.79 Å². The molecule has 4 nitrogen and oxygen atoms in total. The molecule has 2 N–H and O–H groups in total. The van der Waals surface area contributed by atoms with E-state index >= 15 is 0 Å². The summed E-state index contributed by atoms with van der Waals surface area (Å²) in [4.78, 5) is 11.9. The van der Waals surface area contributed by atoms with Gasteiger partial charge in [0.2, 0.25) is 0 Å². The SMILES string of the molecule is CCCCOc1ccc(NC(=O)Nc2cccc(Cl)c2)cc1. The van der Waals surface area contributed by atoms with Crippen LogP contribution < -0.4 is 15.4 Å². The summed E-state index contributed by atoms with van der Waals surface area (Å²) in [5, 5.41) is 6.05. The van der Waals surface area contributed by atoms with E-state index in [1.807, 2.05) is 12.1 Å². The molecule has 0 aliphatic heterocycles. The molecule has 0 aliphatic rings. The number of carbonyl (C=O) groups is 1. The highest BCUT2D eigenvalue weighted by Crippen LogP contribution is 2.18. The molecular formula is C17H19ClN2O2. The van der Waals surface area contributed by atoms with E-state index in [4.69, 9.17) is 16.3 Å². The Hall–Kier alpha value is -2.20. The fourth-order valence-corrected chi connectivity index (χ4v) is 2.02. The van der Waals surface area contributed by atoms with Crippen LogP contribution in [-0.2, 0) is 0 Å². The number of halogens is 1. The predicted molar refractivity (Wildman–Crippen MR) is 90.9 cm³/mol. The zero-order valence-corrected chi connectivity index (χ0v) is 13.2. The summed E-state index contributed by atoms with van der Waals surface area (Å²) in [6, 6.07) is 14.0. The number of hydrogen-bond donors (Lipinski definition) is 2. The molecule has 2 aromatic carbocycles. The van der Waals surface area contributed by atoms with Crippen molar-refractivity contribution in [3.05, 3.63) is 53.6 Å². The average Bonchev–Trinajstić information content (AvgIpc) is 2.49. The molecule has 0 spiro atoms. The number of nitrogens with one attached hydrogen (secondary N) is 2. The molecule has 0 aromatic heterocycles. The minimum Gasteiger partial charge on any atom is -0.494 e. The van der Waals surface area contributed by atoms with Crippen molar-refractivity contribution in [1.29, 1.82) is 0 Å². The first-order valence-electron chi connectivity index (χ1n) is 7.24. The second kappa shape index (κ2) is 8.29. The van der Waals surface area contributed by atoms with Gasteiger partial charge < -0.3 is 15.4 Å². The first kappa shape index (κ1) is 16.2. The van der Waals surface area contributed by atoms with E-state index < -0.39 is 0 Å². The van der Waals surface area contributed by atoms with Gasteiger partial charge in [0.1, 0.15) is 5.75 Å². The molecule has 0 atom stereocenters. The monoisotopic (exact) mass is 318 g/mol. The Morgan fingerprint density at radius 1 is 1.09 bits per heavy atom. The lowest BCUT2D eigenvalue weighted by Crippen LogP contribution is -2.19. The Balaban J connectivity index is 1.86. The van der Waals surface area contributed by atoms with E-state index in [0.29, 0.717) is 23.0 Å². The highest BCUT2D eigenvalue weighted by molar-refractivity contribution is 6.30. The third-order valence-corrected chi connectivity index (χ3v) is 3.20. The van der Waals surface area contributed by atoms with Gasteiger partial charge in [-0.1, -0.05) is 31.0 Å². The summed E-state index contributed by atoms with van der Waals surface area (Å²) < 4.78 is 5.57. The van der Waals surface area contributed by atoms with Gasteiger partial charge in [0, 0.05) is 16.4 Å². The Morgan fingerprint density at radius 2 is 1.82 bits per heavy atom. The molecule has 22 heavy (non-hydrogen) atoms. The third-order valence-electron chi connectivity index (χ3n) is 2.96. The average molecular weight is 319 g/mol. The van der Waals surface area contributed by atoms with Crippen molar-refractivity contribution < 1.29 is 9.53 Å². The van der Waals surface area contributed by atoms with Crippen LogP contribution in [0.5, 0.6) is 5.75 Å². The summed E-state index contributed by atoms with van der Waals surface area (Å²) in [5.74, 6) is 0.800. The first-order valence-corrected chi connectivity index (χ1v) is 7.61. The number of unbranched alkanes of at least 4 members (excludes halogenated alkanes) is 1. The Kier molecular flexibility index (Phi) is 6.10. The van der Waals surface area contributed by atoms with E-state index in [1.54, 1.807) is 36.4 Å². The summed E-state index contributed by atoms with van der Waals surface area (Å²) in [6.07, 6.45) is 2.13. The number of rotatable bonds is 6. The van der Waals surface area contributed by atoms with Crippen molar-refractivity contribution >= 4 is 29.0 Å². The van der Waals surface area contributed by atoms with Crippen LogP contribution in [0.3, 0.4) is 0 Å². The van der Waals surface area contributed by atoms with Crippen molar-refractivity contribution in [2.24, 2.45) is 0 Å². The molecule has 0 fully saturated rings. The molecule has 2 aromatic rings. The smallest absolute Gasteiger partial charge is 0.323 e. The highest BCUT2D eigenvalue weighted by atomic mass is 35.5. The lowest BCUT2D eigenvalue weighted by atomic mass is 10.3. The number of carbonyl (C=O) groups excluding carboxylic acids is 1. The van der Waals surface area contributed by atoms with Crippen LogP contribution in [-0.4, -0.2) is 12.6 Å². The molecule has 116 valence electrons. The van der Waals surface area contributed by atoms with Crippen LogP contribution in [0.2, 0.25) is 5.02 Å². The van der Waals surface area contributed by atoms with Gasteiger partial charge in [0.05, 0.1) is 6.61 Å². The number of amides is 2. The molecule has 0 bridgehead atoms. The largest absolute Gasteiger partial charge is 0.494 e. The topological polar surface area (TPSA) is 50.4 Å². The first-order chi connectivity index (χ1) is 10.7.